The first kappa shape index (κ1) is 13.4. The van der Waals surface area contributed by atoms with Crippen molar-refractivity contribution in [1.82, 2.24) is 9.80 Å². The number of hydrogen-bond acceptors (Lipinski definition) is 3. The van der Waals surface area contributed by atoms with E-state index in [-0.39, 0.29) is 5.41 Å². The molecule has 3 rings (SSSR count). The van der Waals surface area contributed by atoms with Crippen LogP contribution in [-0.2, 0) is 10.2 Å². The van der Waals surface area contributed by atoms with Crippen molar-refractivity contribution < 1.29 is 4.79 Å². The first-order chi connectivity index (χ1) is 9.53. The van der Waals surface area contributed by atoms with Gasteiger partial charge in [0.2, 0.25) is 5.91 Å². The second kappa shape index (κ2) is 4.77. The second-order valence-electron chi connectivity index (χ2n) is 6.31. The highest BCUT2D eigenvalue weighted by Crippen LogP contribution is 2.50. The third-order valence-electron chi connectivity index (χ3n) is 4.71. The maximum absolute atomic E-state index is 13.0. The molecule has 4 heteroatoms. The molecule has 0 radical (unpaired) electrons. The zero-order valence-electron chi connectivity index (χ0n) is 12.3. The molecule has 20 heavy (non-hydrogen) atoms. The summed E-state index contributed by atoms with van der Waals surface area (Å²) in [5.41, 5.74) is 7.36. The van der Waals surface area contributed by atoms with E-state index in [2.05, 4.69) is 23.8 Å². The van der Waals surface area contributed by atoms with Crippen LogP contribution in [0.25, 0.3) is 0 Å². The van der Waals surface area contributed by atoms with Crippen LogP contribution in [0.2, 0.25) is 0 Å². The van der Waals surface area contributed by atoms with E-state index in [4.69, 9.17) is 5.73 Å². The molecule has 2 fully saturated rings. The minimum absolute atomic E-state index is 0.266. The molecular formula is C16H23N3O. The Morgan fingerprint density at radius 3 is 2.45 bits per heavy atom. The van der Waals surface area contributed by atoms with Crippen molar-refractivity contribution in [3.05, 3.63) is 29.8 Å². The van der Waals surface area contributed by atoms with Gasteiger partial charge < -0.3 is 15.5 Å². The highest BCUT2D eigenvalue weighted by atomic mass is 16.2. The van der Waals surface area contributed by atoms with Crippen LogP contribution < -0.4 is 5.73 Å². The minimum atomic E-state index is -0.266. The predicted octanol–water partition coefficient (Wildman–Crippen LogP) is 1.46. The van der Waals surface area contributed by atoms with Gasteiger partial charge in [-0.25, -0.2) is 0 Å². The maximum atomic E-state index is 13.0. The smallest absolute Gasteiger partial charge is 0.233 e. The number of likely N-dealkylation sites (N-methyl/N-ethyl adjacent to an activating group) is 1. The highest BCUT2D eigenvalue weighted by molar-refractivity contribution is 5.91. The molecular weight excluding hydrogens is 250 g/mol. The topological polar surface area (TPSA) is 49.6 Å². The Morgan fingerprint density at radius 2 is 1.90 bits per heavy atom. The molecule has 1 saturated carbocycles. The normalized spacial score (nSPS) is 25.5. The predicted molar refractivity (Wildman–Crippen MR) is 80.4 cm³/mol. The molecule has 2 N–H and O–H groups in total. The van der Waals surface area contributed by atoms with E-state index in [1.54, 1.807) is 0 Å². The van der Waals surface area contributed by atoms with E-state index >= 15 is 0 Å². The van der Waals surface area contributed by atoms with Gasteiger partial charge in [0.15, 0.2) is 0 Å². The van der Waals surface area contributed by atoms with Crippen LogP contribution in [0.15, 0.2) is 24.3 Å². The standard InChI is InChI=1S/C16H23N3O/c1-12-11-18(2)9-10-19(12)15(20)16(7-8-16)13-3-5-14(17)6-4-13/h3-6,12H,7-11,17H2,1-2H3. The number of nitrogen functional groups attached to an aromatic ring is 1. The molecule has 1 aromatic carbocycles. The zero-order valence-corrected chi connectivity index (χ0v) is 12.3. The van der Waals surface area contributed by atoms with Crippen molar-refractivity contribution in [2.75, 3.05) is 32.4 Å². The van der Waals surface area contributed by atoms with E-state index in [0.717, 1.165) is 43.7 Å². The molecule has 1 aliphatic carbocycles. The largest absolute Gasteiger partial charge is 0.399 e. The molecule has 1 amide bonds. The lowest BCUT2D eigenvalue weighted by Gasteiger charge is -2.40. The number of anilines is 1. The molecule has 0 spiro atoms. The van der Waals surface area contributed by atoms with Gasteiger partial charge in [0.25, 0.3) is 0 Å². The summed E-state index contributed by atoms with van der Waals surface area (Å²) >= 11 is 0. The van der Waals surface area contributed by atoms with Crippen LogP contribution in [0.4, 0.5) is 5.69 Å². The van der Waals surface area contributed by atoms with Crippen molar-refractivity contribution in [1.29, 1.82) is 0 Å². The molecule has 1 aromatic rings. The van der Waals surface area contributed by atoms with Gasteiger partial charge in [0.1, 0.15) is 0 Å². The quantitative estimate of drug-likeness (QED) is 0.830. The van der Waals surface area contributed by atoms with Gasteiger partial charge in [0.05, 0.1) is 5.41 Å². The molecule has 1 heterocycles. The zero-order chi connectivity index (χ0) is 14.3. The molecule has 1 saturated heterocycles. The summed E-state index contributed by atoms with van der Waals surface area (Å²) in [6.45, 7) is 4.91. The third-order valence-corrected chi connectivity index (χ3v) is 4.71. The second-order valence-corrected chi connectivity index (χ2v) is 6.31. The summed E-state index contributed by atoms with van der Waals surface area (Å²) in [5, 5.41) is 0. The van der Waals surface area contributed by atoms with Gasteiger partial charge in [0, 0.05) is 31.4 Å². The van der Waals surface area contributed by atoms with E-state index in [1.165, 1.54) is 0 Å². The number of nitrogens with two attached hydrogens (primary N) is 1. The van der Waals surface area contributed by atoms with Crippen LogP contribution in [0.5, 0.6) is 0 Å². The third kappa shape index (κ3) is 2.18. The SMILES string of the molecule is CC1CN(C)CCN1C(=O)C1(c2ccc(N)cc2)CC1. The summed E-state index contributed by atoms with van der Waals surface area (Å²) < 4.78 is 0. The minimum Gasteiger partial charge on any atom is -0.399 e. The molecule has 1 unspecified atom stereocenters. The number of carbonyl (C=O) groups is 1. The Labute approximate surface area is 120 Å². The molecule has 108 valence electrons. The van der Waals surface area contributed by atoms with Crippen LogP contribution >= 0.6 is 0 Å². The van der Waals surface area contributed by atoms with Gasteiger partial charge in [-0.3, -0.25) is 4.79 Å². The van der Waals surface area contributed by atoms with Crippen LogP contribution in [0.1, 0.15) is 25.3 Å². The summed E-state index contributed by atoms with van der Waals surface area (Å²) in [5.74, 6) is 0.308. The number of carbonyl (C=O) groups excluding carboxylic acids is 1. The van der Waals surface area contributed by atoms with Crippen molar-refractivity contribution in [2.24, 2.45) is 0 Å². The Balaban J connectivity index is 1.81. The maximum Gasteiger partial charge on any atom is 0.233 e. The van der Waals surface area contributed by atoms with Crippen molar-refractivity contribution >= 4 is 11.6 Å². The fourth-order valence-corrected chi connectivity index (χ4v) is 3.27. The number of rotatable bonds is 2. The van der Waals surface area contributed by atoms with E-state index < -0.39 is 0 Å². The number of piperazine rings is 1. The molecule has 4 nitrogen and oxygen atoms in total. The molecule has 0 aromatic heterocycles. The van der Waals surface area contributed by atoms with Crippen molar-refractivity contribution in [2.45, 2.75) is 31.2 Å². The van der Waals surface area contributed by atoms with Gasteiger partial charge in [-0.1, -0.05) is 12.1 Å². The molecule has 2 aliphatic rings. The fraction of sp³-hybridized carbons (Fsp3) is 0.562. The van der Waals surface area contributed by atoms with E-state index in [1.807, 2.05) is 24.3 Å². The van der Waals surface area contributed by atoms with E-state index in [0.29, 0.717) is 11.9 Å². The first-order valence-electron chi connectivity index (χ1n) is 7.38. The van der Waals surface area contributed by atoms with Gasteiger partial charge in [-0.15, -0.1) is 0 Å². The molecule has 1 aliphatic heterocycles. The average Bonchev–Trinajstić information content (AvgIpc) is 3.20. The summed E-state index contributed by atoms with van der Waals surface area (Å²) in [6, 6.07) is 8.13. The fourth-order valence-electron chi connectivity index (χ4n) is 3.27. The number of nitrogens with zero attached hydrogens (tertiary/aromatic N) is 2. The Hall–Kier alpha value is -1.55. The van der Waals surface area contributed by atoms with E-state index in [9.17, 15) is 4.79 Å². The molecule has 0 bridgehead atoms. The monoisotopic (exact) mass is 273 g/mol. The number of benzene rings is 1. The Kier molecular flexibility index (Phi) is 3.21. The van der Waals surface area contributed by atoms with Crippen molar-refractivity contribution in [3.63, 3.8) is 0 Å². The average molecular weight is 273 g/mol. The molecule has 1 atom stereocenters. The Bertz CT molecular complexity index is 507. The van der Waals surface area contributed by atoms with Crippen LogP contribution in [-0.4, -0.2) is 48.4 Å². The van der Waals surface area contributed by atoms with Crippen LogP contribution in [0.3, 0.4) is 0 Å². The first-order valence-corrected chi connectivity index (χ1v) is 7.38. The lowest BCUT2D eigenvalue weighted by Crippen LogP contribution is -2.55. The number of hydrogen-bond donors (Lipinski definition) is 1. The van der Waals surface area contributed by atoms with Gasteiger partial charge in [-0.2, -0.15) is 0 Å². The lowest BCUT2D eigenvalue weighted by molar-refractivity contribution is -0.138. The van der Waals surface area contributed by atoms with Crippen molar-refractivity contribution in [3.8, 4) is 0 Å². The Morgan fingerprint density at radius 1 is 1.25 bits per heavy atom. The lowest BCUT2D eigenvalue weighted by atomic mass is 9.93. The summed E-state index contributed by atoms with van der Waals surface area (Å²) in [6.07, 6.45) is 1.93. The summed E-state index contributed by atoms with van der Waals surface area (Å²) in [4.78, 5) is 17.3. The summed E-state index contributed by atoms with van der Waals surface area (Å²) in [7, 11) is 2.12. The van der Waals surface area contributed by atoms with Gasteiger partial charge >= 0.3 is 0 Å². The number of amides is 1. The highest BCUT2D eigenvalue weighted by Gasteiger charge is 2.53. The van der Waals surface area contributed by atoms with Crippen LogP contribution in [0, 0.1) is 0 Å². The van der Waals surface area contributed by atoms with Gasteiger partial charge in [-0.05, 0) is 44.5 Å².